The van der Waals surface area contributed by atoms with E-state index in [-0.39, 0.29) is 23.7 Å². The van der Waals surface area contributed by atoms with E-state index in [1.165, 1.54) is 0 Å². The molecule has 1 fully saturated rings. The summed E-state index contributed by atoms with van der Waals surface area (Å²) in [7, 11) is 0. The van der Waals surface area contributed by atoms with Crippen LogP contribution in [0, 0.1) is 0 Å². The molecule has 0 aliphatic carbocycles. The molecule has 2 rings (SSSR count). The van der Waals surface area contributed by atoms with Gasteiger partial charge < -0.3 is 15.7 Å². The van der Waals surface area contributed by atoms with Gasteiger partial charge in [0.1, 0.15) is 5.75 Å². The van der Waals surface area contributed by atoms with Crippen molar-refractivity contribution in [1.82, 2.24) is 10.6 Å². The molecule has 86 valence electrons. The molecule has 0 saturated carbocycles. The van der Waals surface area contributed by atoms with Crippen LogP contribution in [0.15, 0.2) is 24.3 Å². The molecule has 16 heavy (non-hydrogen) atoms. The van der Waals surface area contributed by atoms with E-state index in [9.17, 15) is 9.90 Å². The van der Waals surface area contributed by atoms with E-state index in [2.05, 4.69) is 10.6 Å². The van der Waals surface area contributed by atoms with E-state index in [1.807, 2.05) is 19.1 Å². The lowest BCUT2D eigenvalue weighted by Gasteiger charge is -2.18. The number of hydrogen-bond donors (Lipinski definition) is 3. The third-order valence-corrected chi connectivity index (χ3v) is 2.83. The molecule has 0 radical (unpaired) electrons. The van der Waals surface area contributed by atoms with Gasteiger partial charge in [0.15, 0.2) is 0 Å². The maximum absolute atomic E-state index is 11.0. The zero-order chi connectivity index (χ0) is 11.5. The van der Waals surface area contributed by atoms with Crippen molar-refractivity contribution in [1.29, 1.82) is 0 Å². The third kappa shape index (κ3) is 2.52. The lowest BCUT2D eigenvalue weighted by Crippen LogP contribution is -2.33. The molecule has 2 unspecified atom stereocenters. The molecule has 4 heteroatoms. The van der Waals surface area contributed by atoms with Gasteiger partial charge in [-0.1, -0.05) is 12.1 Å². The molecule has 1 aliphatic heterocycles. The minimum Gasteiger partial charge on any atom is -0.508 e. The second-order valence-corrected chi connectivity index (χ2v) is 4.19. The summed E-state index contributed by atoms with van der Waals surface area (Å²) in [6, 6.07) is 7.48. The van der Waals surface area contributed by atoms with Crippen molar-refractivity contribution >= 4 is 5.91 Å². The Bertz CT molecular complexity index is 392. The molecule has 1 saturated heterocycles. The van der Waals surface area contributed by atoms with E-state index < -0.39 is 0 Å². The lowest BCUT2D eigenvalue weighted by molar-refractivity contribution is -0.119. The van der Waals surface area contributed by atoms with Gasteiger partial charge in [0.05, 0.1) is 0 Å². The van der Waals surface area contributed by atoms with Gasteiger partial charge in [0, 0.05) is 25.0 Å². The van der Waals surface area contributed by atoms with Gasteiger partial charge in [-0.25, -0.2) is 0 Å². The van der Waals surface area contributed by atoms with Crippen LogP contribution in [0.4, 0.5) is 0 Å². The lowest BCUT2D eigenvalue weighted by atomic mass is 10.1. The Morgan fingerprint density at radius 2 is 2.38 bits per heavy atom. The monoisotopic (exact) mass is 220 g/mol. The summed E-state index contributed by atoms with van der Waals surface area (Å²) in [5.41, 5.74) is 1.03. The molecule has 1 aliphatic rings. The maximum atomic E-state index is 11.0. The fraction of sp³-hybridized carbons (Fsp3) is 0.417. The van der Waals surface area contributed by atoms with Gasteiger partial charge in [-0.15, -0.1) is 0 Å². The first-order valence-electron chi connectivity index (χ1n) is 5.47. The first-order valence-corrected chi connectivity index (χ1v) is 5.47. The Hall–Kier alpha value is -1.55. The van der Waals surface area contributed by atoms with E-state index in [0.717, 1.165) is 5.56 Å². The molecule has 3 N–H and O–H groups in total. The van der Waals surface area contributed by atoms with Crippen molar-refractivity contribution in [3.8, 4) is 5.75 Å². The number of nitrogens with one attached hydrogen (secondary N) is 2. The Morgan fingerprint density at radius 1 is 1.56 bits per heavy atom. The first-order chi connectivity index (χ1) is 7.65. The third-order valence-electron chi connectivity index (χ3n) is 2.83. The average Bonchev–Trinajstić information content (AvgIpc) is 2.64. The second kappa shape index (κ2) is 4.53. The van der Waals surface area contributed by atoms with E-state index in [0.29, 0.717) is 13.0 Å². The highest BCUT2D eigenvalue weighted by Crippen LogP contribution is 2.19. The van der Waals surface area contributed by atoms with Crippen LogP contribution in [-0.2, 0) is 4.79 Å². The zero-order valence-electron chi connectivity index (χ0n) is 9.23. The summed E-state index contributed by atoms with van der Waals surface area (Å²) in [6.45, 7) is 2.71. The number of phenolic OH excluding ortho intramolecular Hbond substituents is 1. The van der Waals surface area contributed by atoms with Crippen LogP contribution >= 0.6 is 0 Å². The van der Waals surface area contributed by atoms with Crippen LogP contribution in [0.2, 0.25) is 0 Å². The second-order valence-electron chi connectivity index (χ2n) is 4.19. The predicted octanol–water partition coefficient (Wildman–Crippen LogP) is 0.931. The Morgan fingerprint density at radius 3 is 3.00 bits per heavy atom. The molecular weight excluding hydrogens is 204 g/mol. The van der Waals surface area contributed by atoms with Crippen molar-refractivity contribution in [3.63, 3.8) is 0 Å². The van der Waals surface area contributed by atoms with Crippen molar-refractivity contribution in [2.45, 2.75) is 25.4 Å². The summed E-state index contributed by atoms with van der Waals surface area (Å²) < 4.78 is 0. The van der Waals surface area contributed by atoms with Crippen molar-refractivity contribution in [3.05, 3.63) is 29.8 Å². The molecule has 1 amide bonds. The molecule has 2 atom stereocenters. The Balaban J connectivity index is 1.97. The largest absolute Gasteiger partial charge is 0.508 e. The standard InChI is InChI=1S/C12H16N2O2/c1-8(9-3-2-4-11(15)5-9)14-10-6-12(16)13-7-10/h2-5,8,10,14-15H,6-7H2,1H3,(H,13,16). The fourth-order valence-electron chi connectivity index (χ4n) is 1.97. The van der Waals surface area contributed by atoms with Gasteiger partial charge in [-0.3, -0.25) is 4.79 Å². The highest BCUT2D eigenvalue weighted by Gasteiger charge is 2.22. The summed E-state index contributed by atoms with van der Waals surface area (Å²) in [6.07, 6.45) is 0.531. The minimum atomic E-state index is 0.0978. The smallest absolute Gasteiger partial charge is 0.221 e. The van der Waals surface area contributed by atoms with Crippen LogP contribution in [0.3, 0.4) is 0 Å². The Labute approximate surface area is 94.7 Å². The van der Waals surface area contributed by atoms with Crippen molar-refractivity contribution < 1.29 is 9.90 Å². The minimum absolute atomic E-state index is 0.0978. The number of phenols is 1. The highest BCUT2D eigenvalue weighted by molar-refractivity contribution is 5.78. The van der Waals surface area contributed by atoms with Crippen LogP contribution in [-0.4, -0.2) is 23.6 Å². The number of amides is 1. The topological polar surface area (TPSA) is 61.4 Å². The number of aromatic hydroxyl groups is 1. The van der Waals surface area contributed by atoms with E-state index in [1.54, 1.807) is 12.1 Å². The molecular formula is C12H16N2O2. The number of benzene rings is 1. The first kappa shape index (κ1) is 11.0. The molecule has 1 aromatic carbocycles. The molecule has 1 heterocycles. The number of hydrogen-bond acceptors (Lipinski definition) is 3. The van der Waals surface area contributed by atoms with Crippen LogP contribution in [0.1, 0.15) is 24.9 Å². The van der Waals surface area contributed by atoms with Gasteiger partial charge in [-0.2, -0.15) is 0 Å². The zero-order valence-corrected chi connectivity index (χ0v) is 9.23. The normalized spacial score (nSPS) is 21.8. The number of carbonyl (C=O) groups is 1. The maximum Gasteiger partial charge on any atom is 0.221 e. The predicted molar refractivity (Wildman–Crippen MR) is 61.1 cm³/mol. The summed E-state index contributed by atoms with van der Waals surface area (Å²) in [5, 5.41) is 15.5. The summed E-state index contributed by atoms with van der Waals surface area (Å²) >= 11 is 0. The summed E-state index contributed by atoms with van der Waals surface area (Å²) in [5.74, 6) is 0.368. The highest BCUT2D eigenvalue weighted by atomic mass is 16.3. The van der Waals surface area contributed by atoms with Crippen LogP contribution < -0.4 is 10.6 Å². The molecule has 0 bridgehead atoms. The molecule has 1 aromatic rings. The molecule has 0 aromatic heterocycles. The van der Waals surface area contributed by atoms with Gasteiger partial charge >= 0.3 is 0 Å². The quantitative estimate of drug-likeness (QED) is 0.710. The van der Waals surface area contributed by atoms with Crippen molar-refractivity contribution in [2.24, 2.45) is 0 Å². The number of carbonyl (C=O) groups excluding carboxylic acids is 1. The van der Waals surface area contributed by atoms with Crippen molar-refractivity contribution in [2.75, 3.05) is 6.54 Å². The SMILES string of the molecule is CC(NC1CNC(=O)C1)c1cccc(O)c1. The average molecular weight is 220 g/mol. The van der Waals surface area contributed by atoms with Crippen LogP contribution in [0.5, 0.6) is 5.75 Å². The van der Waals surface area contributed by atoms with Gasteiger partial charge in [0.25, 0.3) is 0 Å². The van der Waals surface area contributed by atoms with E-state index in [4.69, 9.17) is 0 Å². The van der Waals surface area contributed by atoms with E-state index >= 15 is 0 Å². The number of rotatable bonds is 3. The molecule has 0 spiro atoms. The Kier molecular flexibility index (Phi) is 3.10. The molecule has 4 nitrogen and oxygen atoms in total. The summed E-state index contributed by atoms with van der Waals surface area (Å²) in [4.78, 5) is 11.0. The van der Waals surface area contributed by atoms with Gasteiger partial charge in [-0.05, 0) is 24.6 Å². The van der Waals surface area contributed by atoms with Crippen LogP contribution in [0.25, 0.3) is 0 Å². The van der Waals surface area contributed by atoms with Gasteiger partial charge in [0.2, 0.25) is 5.91 Å². The fourth-order valence-corrected chi connectivity index (χ4v) is 1.97.